The molecule has 5 aliphatic carbocycles. The normalized spacial score (nSPS) is 35.3. The Morgan fingerprint density at radius 3 is 2.51 bits per heavy atom. The first-order valence-electron chi connectivity index (χ1n) is 18.7. The number of nitrogens with zero attached hydrogens (tertiary/aromatic N) is 3. The first-order valence-corrected chi connectivity index (χ1v) is 18.7. The van der Waals surface area contributed by atoms with E-state index < -0.39 is 0 Å². The summed E-state index contributed by atoms with van der Waals surface area (Å²) in [5, 5.41) is 9.43. The molecular weight excluding hydrogens is 597 g/mol. The minimum Gasteiger partial charge on any atom is -0.337 e. The first-order chi connectivity index (χ1) is 24.2. The smallest absolute Gasteiger partial charge is 0.103 e. The van der Waals surface area contributed by atoms with E-state index in [1.54, 1.807) is 0 Å². The van der Waals surface area contributed by atoms with Crippen molar-refractivity contribution in [3.8, 4) is 0 Å². The van der Waals surface area contributed by atoms with Crippen molar-refractivity contribution in [3.05, 3.63) is 168 Å². The van der Waals surface area contributed by atoms with Crippen molar-refractivity contribution in [2.24, 2.45) is 23.7 Å². The van der Waals surface area contributed by atoms with Gasteiger partial charge in [0.1, 0.15) is 6.17 Å². The zero-order valence-electron chi connectivity index (χ0n) is 28.4. The summed E-state index contributed by atoms with van der Waals surface area (Å²) in [6, 6.07) is 18.8. The molecule has 3 aliphatic heterocycles. The second kappa shape index (κ2) is 11.9. The van der Waals surface area contributed by atoms with Crippen molar-refractivity contribution >= 4 is 11.4 Å². The van der Waals surface area contributed by atoms with Crippen molar-refractivity contribution in [1.29, 1.82) is 0 Å². The van der Waals surface area contributed by atoms with Gasteiger partial charge in [-0.25, -0.2) is 0 Å². The van der Waals surface area contributed by atoms with Gasteiger partial charge in [-0.15, -0.1) is 0 Å². The maximum Gasteiger partial charge on any atom is 0.103 e. The average Bonchev–Trinajstić information content (AvgIpc) is 3.64. The van der Waals surface area contributed by atoms with Crippen LogP contribution in [0.3, 0.4) is 0 Å². The first kappa shape index (κ1) is 29.5. The molecule has 10 rings (SSSR count). The number of nitrogens with one attached hydrogen (secondary N) is 1. The van der Waals surface area contributed by atoms with E-state index in [0.29, 0.717) is 35.6 Å². The third-order valence-corrected chi connectivity index (χ3v) is 12.6. The number of hydrogen-bond acceptors (Lipinski definition) is 4. The standard InChI is InChI=1S/C45H46N4/c1-30-14-8-11-21-39(30)47-40-22-12-9-19-35(40)37-28-33(24-26-41(37)47)34-25-27-43-38(29-34)36-20-10-13-23-42(36)48(43)49-44(31-15-4-2-5-16-31)46-45(49)32-17-6-3-7-18-32/h2-6,8-15,17,19-23,25-27,29,31,33,35,37-38,40,43-46H,7,16,18,24,28H2,1H3. The lowest BCUT2D eigenvalue weighted by atomic mass is 9.73. The number of para-hydroxylation sites is 2. The Kier molecular flexibility index (Phi) is 7.17. The number of aryl methyl sites for hydroxylation is 1. The molecule has 0 amide bonds. The van der Waals surface area contributed by atoms with Crippen LogP contribution in [0.4, 0.5) is 11.4 Å². The highest BCUT2D eigenvalue weighted by Gasteiger charge is 2.52. The molecule has 0 saturated carbocycles. The van der Waals surface area contributed by atoms with Crippen LogP contribution < -0.4 is 15.2 Å². The number of fused-ring (bicyclic) bond motifs is 6. The third kappa shape index (κ3) is 4.71. The molecule has 9 unspecified atom stereocenters. The lowest BCUT2D eigenvalue weighted by Crippen LogP contribution is -2.77. The van der Waals surface area contributed by atoms with Crippen LogP contribution >= 0.6 is 0 Å². The van der Waals surface area contributed by atoms with Crippen LogP contribution in [0.15, 0.2) is 157 Å². The summed E-state index contributed by atoms with van der Waals surface area (Å²) in [5.74, 6) is 2.39. The summed E-state index contributed by atoms with van der Waals surface area (Å²) in [6.07, 6.45) is 42.0. The topological polar surface area (TPSA) is 21.8 Å². The summed E-state index contributed by atoms with van der Waals surface area (Å²) in [5.41, 5.74) is 10.1. The van der Waals surface area contributed by atoms with Crippen molar-refractivity contribution in [2.45, 2.75) is 69.4 Å². The monoisotopic (exact) mass is 642 g/mol. The van der Waals surface area contributed by atoms with Crippen LogP contribution in [0.1, 0.15) is 49.1 Å². The lowest BCUT2D eigenvalue weighted by Gasteiger charge is -2.58. The van der Waals surface area contributed by atoms with Crippen LogP contribution in [0, 0.1) is 30.6 Å². The van der Waals surface area contributed by atoms with Gasteiger partial charge in [0.05, 0.1) is 23.9 Å². The second-order valence-corrected chi connectivity index (χ2v) is 15.2. The largest absolute Gasteiger partial charge is 0.337 e. The third-order valence-electron chi connectivity index (χ3n) is 12.6. The molecule has 2 saturated heterocycles. The van der Waals surface area contributed by atoms with E-state index in [0.717, 1.165) is 25.7 Å². The van der Waals surface area contributed by atoms with Gasteiger partial charge in [0.25, 0.3) is 0 Å². The molecule has 0 bridgehead atoms. The van der Waals surface area contributed by atoms with Crippen LogP contribution in [-0.2, 0) is 0 Å². The van der Waals surface area contributed by atoms with Crippen molar-refractivity contribution < 1.29 is 0 Å². The van der Waals surface area contributed by atoms with Gasteiger partial charge in [-0.05, 0) is 79.4 Å². The van der Waals surface area contributed by atoms with E-state index in [9.17, 15) is 0 Å². The predicted octanol–water partition coefficient (Wildman–Crippen LogP) is 9.19. The van der Waals surface area contributed by atoms with Crippen LogP contribution in [0.25, 0.3) is 0 Å². The zero-order valence-corrected chi connectivity index (χ0v) is 28.4. The molecular formula is C45H46N4. The van der Waals surface area contributed by atoms with E-state index in [1.807, 2.05) is 0 Å². The van der Waals surface area contributed by atoms with E-state index in [1.165, 1.54) is 45.8 Å². The Hall–Kier alpha value is -4.38. The fourth-order valence-electron chi connectivity index (χ4n) is 10.2. The fraction of sp³-hybridized carbons (Fsp3) is 0.333. The number of rotatable bonds is 5. The minimum absolute atomic E-state index is 0.228. The summed E-state index contributed by atoms with van der Waals surface area (Å²) < 4.78 is 0. The molecule has 246 valence electrons. The molecule has 9 atom stereocenters. The summed E-state index contributed by atoms with van der Waals surface area (Å²) in [6.45, 7) is 2.26. The van der Waals surface area contributed by atoms with Crippen molar-refractivity contribution in [1.82, 2.24) is 10.3 Å². The Morgan fingerprint density at radius 1 is 0.796 bits per heavy atom. The summed E-state index contributed by atoms with van der Waals surface area (Å²) >= 11 is 0. The van der Waals surface area contributed by atoms with E-state index >= 15 is 0 Å². The maximum absolute atomic E-state index is 4.03. The predicted molar refractivity (Wildman–Crippen MR) is 202 cm³/mol. The van der Waals surface area contributed by atoms with Gasteiger partial charge in [-0.1, -0.05) is 128 Å². The Labute approximate surface area is 291 Å². The summed E-state index contributed by atoms with van der Waals surface area (Å²) in [7, 11) is 0. The SMILES string of the molecule is Cc1ccccc1N1C2=CCC(C3=CC4c5ccccc5N(N5C(C6=CC=CCC6)NC5C5C=CC=CC5)C4C=C3)CC2C2C=CC=CC21. The number of hydrazine groups is 1. The maximum atomic E-state index is 4.03. The van der Waals surface area contributed by atoms with Crippen molar-refractivity contribution in [2.75, 3.05) is 9.91 Å². The average molecular weight is 643 g/mol. The van der Waals surface area contributed by atoms with E-state index in [-0.39, 0.29) is 18.4 Å². The Balaban J connectivity index is 0.972. The van der Waals surface area contributed by atoms with Crippen LogP contribution in [0.5, 0.6) is 0 Å². The molecule has 0 spiro atoms. The molecule has 0 aromatic heterocycles. The molecule has 1 N–H and O–H groups in total. The molecule has 2 aromatic carbocycles. The molecule has 49 heavy (non-hydrogen) atoms. The van der Waals surface area contributed by atoms with Crippen LogP contribution in [-0.4, -0.2) is 29.4 Å². The molecule has 2 fully saturated rings. The van der Waals surface area contributed by atoms with Crippen LogP contribution in [0.2, 0.25) is 0 Å². The number of anilines is 2. The second-order valence-electron chi connectivity index (χ2n) is 15.2. The number of hydrogen-bond donors (Lipinski definition) is 1. The molecule has 3 heterocycles. The quantitative estimate of drug-likeness (QED) is 0.351. The highest BCUT2D eigenvalue weighted by atomic mass is 15.8. The fourth-order valence-corrected chi connectivity index (χ4v) is 10.2. The van der Waals surface area contributed by atoms with Crippen molar-refractivity contribution in [3.63, 3.8) is 0 Å². The van der Waals surface area contributed by atoms with Gasteiger partial charge < -0.3 is 4.90 Å². The van der Waals surface area contributed by atoms with Gasteiger partial charge >= 0.3 is 0 Å². The molecule has 2 aromatic rings. The molecule has 4 heteroatoms. The molecule has 4 nitrogen and oxygen atoms in total. The zero-order chi connectivity index (χ0) is 32.5. The highest BCUT2D eigenvalue weighted by molar-refractivity contribution is 5.67. The molecule has 0 radical (unpaired) electrons. The number of benzene rings is 2. The number of allylic oxidation sites excluding steroid dienone is 12. The van der Waals surface area contributed by atoms with Gasteiger partial charge in [0.2, 0.25) is 0 Å². The van der Waals surface area contributed by atoms with Gasteiger partial charge in [-0.2, -0.15) is 5.01 Å². The summed E-state index contributed by atoms with van der Waals surface area (Å²) in [4.78, 5) is 2.66. The Bertz CT molecular complexity index is 1930. The lowest BCUT2D eigenvalue weighted by molar-refractivity contribution is -0.0457. The minimum atomic E-state index is 0.228. The van der Waals surface area contributed by atoms with Gasteiger partial charge in [-0.3, -0.25) is 10.3 Å². The Morgan fingerprint density at radius 2 is 1.65 bits per heavy atom. The van der Waals surface area contributed by atoms with E-state index in [4.69, 9.17) is 0 Å². The van der Waals surface area contributed by atoms with Gasteiger partial charge in [0, 0.05) is 35.1 Å². The van der Waals surface area contributed by atoms with E-state index in [2.05, 4.69) is 167 Å². The highest BCUT2D eigenvalue weighted by Crippen LogP contribution is 2.53. The molecule has 8 aliphatic rings. The van der Waals surface area contributed by atoms with Gasteiger partial charge in [0.15, 0.2) is 0 Å².